The lowest BCUT2D eigenvalue weighted by atomic mass is 10.1. The van der Waals surface area contributed by atoms with Crippen molar-refractivity contribution in [3.05, 3.63) is 24.3 Å². The molecule has 7 nitrogen and oxygen atoms in total. The number of anilines is 2. The number of carbonyl (C=O) groups is 3. The Balaban J connectivity index is 2.34. The zero-order chi connectivity index (χ0) is 15.6. The van der Waals surface area contributed by atoms with Gasteiger partial charge in [-0.1, -0.05) is 12.1 Å². The normalized spacial score (nSPS) is 17.5. The van der Waals surface area contributed by atoms with Gasteiger partial charge in [0.05, 0.1) is 11.4 Å². The average Bonchev–Trinajstić information content (AvgIpc) is 2.52. The van der Waals surface area contributed by atoms with E-state index in [-0.39, 0.29) is 30.8 Å². The Labute approximate surface area is 122 Å². The number of hydrogen-bond acceptors (Lipinski definition) is 3. The predicted octanol–water partition coefficient (Wildman–Crippen LogP) is 0.761. The minimum Gasteiger partial charge on any atom is -0.351 e. The fourth-order valence-electron chi connectivity index (χ4n) is 2.32. The molecule has 1 heterocycles. The van der Waals surface area contributed by atoms with Gasteiger partial charge in [0.25, 0.3) is 0 Å². The molecule has 0 radical (unpaired) electrons. The van der Waals surface area contributed by atoms with Crippen LogP contribution in [-0.2, 0) is 9.59 Å². The Morgan fingerprint density at radius 2 is 2.10 bits per heavy atom. The van der Waals surface area contributed by atoms with E-state index in [0.717, 1.165) is 4.90 Å². The molecule has 0 spiro atoms. The van der Waals surface area contributed by atoms with Gasteiger partial charge in [-0.05, 0) is 19.1 Å². The van der Waals surface area contributed by atoms with Crippen LogP contribution < -0.4 is 16.0 Å². The van der Waals surface area contributed by atoms with E-state index in [2.05, 4.69) is 5.32 Å². The number of nitrogens with two attached hydrogens (primary N) is 1. The van der Waals surface area contributed by atoms with Crippen molar-refractivity contribution >= 4 is 29.2 Å². The molecule has 0 saturated carbocycles. The van der Waals surface area contributed by atoms with Crippen LogP contribution in [0, 0.1) is 0 Å². The number of nitrogens with zero attached hydrogens (tertiary/aromatic N) is 2. The molecule has 0 fully saturated rings. The third-order valence-corrected chi connectivity index (χ3v) is 3.38. The number of fused-ring (bicyclic) bond motifs is 1. The van der Waals surface area contributed by atoms with Gasteiger partial charge >= 0.3 is 6.03 Å². The van der Waals surface area contributed by atoms with Gasteiger partial charge in [-0.3, -0.25) is 9.59 Å². The summed E-state index contributed by atoms with van der Waals surface area (Å²) in [4.78, 5) is 38.1. The fraction of sp³-hybridized carbons (Fsp3) is 0.357. The zero-order valence-corrected chi connectivity index (χ0v) is 12.0. The van der Waals surface area contributed by atoms with Crippen LogP contribution in [0.2, 0.25) is 0 Å². The highest BCUT2D eigenvalue weighted by Gasteiger charge is 2.30. The maximum absolute atomic E-state index is 12.5. The van der Waals surface area contributed by atoms with Gasteiger partial charge in [-0.2, -0.15) is 0 Å². The number of likely N-dealkylation sites (N-methyl/N-ethyl adjacent to an activating group) is 1. The second-order valence-electron chi connectivity index (χ2n) is 5.08. The first-order valence-electron chi connectivity index (χ1n) is 6.61. The van der Waals surface area contributed by atoms with E-state index in [1.54, 1.807) is 31.2 Å². The molecule has 0 saturated heterocycles. The van der Waals surface area contributed by atoms with Crippen LogP contribution in [0.4, 0.5) is 16.2 Å². The van der Waals surface area contributed by atoms with Gasteiger partial charge < -0.3 is 20.9 Å². The molecule has 21 heavy (non-hydrogen) atoms. The second-order valence-corrected chi connectivity index (χ2v) is 5.08. The molecule has 3 N–H and O–H groups in total. The lowest BCUT2D eigenvalue weighted by Gasteiger charge is -2.29. The van der Waals surface area contributed by atoms with E-state index in [1.807, 2.05) is 0 Å². The molecule has 1 aromatic rings. The maximum Gasteiger partial charge on any atom is 0.314 e. The topological polar surface area (TPSA) is 95.7 Å². The van der Waals surface area contributed by atoms with Crippen LogP contribution in [0.25, 0.3) is 0 Å². The Kier molecular flexibility index (Phi) is 4.11. The van der Waals surface area contributed by atoms with Crippen LogP contribution in [0.3, 0.4) is 0 Å². The molecule has 1 aliphatic rings. The summed E-state index contributed by atoms with van der Waals surface area (Å²) in [6.07, 6.45) is 0.195. The van der Waals surface area contributed by atoms with Crippen LogP contribution in [-0.4, -0.2) is 42.4 Å². The number of amides is 4. The van der Waals surface area contributed by atoms with Crippen molar-refractivity contribution in [2.75, 3.05) is 23.8 Å². The van der Waals surface area contributed by atoms with Gasteiger partial charge in [-0.25, -0.2) is 4.79 Å². The lowest BCUT2D eigenvalue weighted by Crippen LogP contribution is -2.46. The molecule has 4 amide bonds. The Hall–Kier alpha value is -2.57. The van der Waals surface area contributed by atoms with Gasteiger partial charge in [0.15, 0.2) is 0 Å². The fourth-order valence-corrected chi connectivity index (χ4v) is 2.32. The molecule has 7 heteroatoms. The monoisotopic (exact) mass is 290 g/mol. The van der Waals surface area contributed by atoms with Crippen LogP contribution >= 0.6 is 0 Å². The maximum atomic E-state index is 12.5. The largest absolute Gasteiger partial charge is 0.351 e. The average molecular weight is 290 g/mol. The predicted molar refractivity (Wildman–Crippen MR) is 78.9 cm³/mol. The van der Waals surface area contributed by atoms with Crippen molar-refractivity contribution in [3.8, 4) is 0 Å². The standard InChI is InChI=1S/C14H18N4O3/c1-9-7-12(19)16-10-5-3-4-6-11(10)18(9)13(20)8-17(2)14(15)21/h3-6,9H,7-8H2,1-2H3,(H2,15,21)(H,16,19). The molecule has 2 rings (SSSR count). The molecule has 0 aromatic heterocycles. The summed E-state index contributed by atoms with van der Waals surface area (Å²) in [5.41, 5.74) is 6.35. The molecule has 1 atom stereocenters. The van der Waals surface area contributed by atoms with Crippen molar-refractivity contribution in [1.29, 1.82) is 0 Å². The first kappa shape index (κ1) is 14.8. The number of carbonyl (C=O) groups excluding carboxylic acids is 3. The van der Waals surface area contributed by atoms with E-state index in [4.69, 9.17) is 5.73 Å². The van der Waals surface area contributed by atoms with Crippen LogP contribution in [0.1, 0.15) is 13.3 Å². The minimum atomic E-state index is -0.673. The summed E-state index contributed by atoms with van der Waals surface area (Å²) in [5.74, 6) is -0.429. The van der Waals surface area contributed by atoms with E-state index < -0.39 is 6.03 Å². The third kappa shape index (κ3) is 3.13. The summed E-state index contributed by atoms with van der Waals surface area (Å²) >= 11 is 0. The SMILES string of the molecule is CC1CC(=O)Nc2ccccc2N1C(=O)CN(C)C(N)=O. The molecule has 0 bridgehead atoms. The summed E-state index contributed by atoms with van der Waals surface area (Å²) in [7, 11) is 1.46. The Morgan fingerprint density at radius 1 is 1.43 bits per heavy atom. The zero-order valence-electron chi connectivity index (χ0n) is 12.0. The van der Waals surface area contributed by atoms with Gasteiger partial charge in [0.2, 0.25) is 11.8 Å². The summed E-state index contributed by atoms with van der Waals surface area (Å²) in [5, 5.41) is 2.78. The van der Waals surface area contributed by atoms with Gasteiger partial charge in [0.1, 0.15) is 6.54 Å². The van der Waals surface area contributed by atoms with Crippen molar-refractivity contribution in [3.63, 3.8) is 0 Å². The highest BCUT2D eigenvalue weighted by molar-refractivity contribution is 6.05. The van der Waals surface area contributed by atoms with Crippen molar-refractivity contribution < 1.29 is 14.4 Å². The van der Waals surface area contributed by atoms with Crippen molar-refractivity contribution in [2.45, 2.75) is 19.4 Å². The number of urea groups is 1. The smallest absolute Gasteiger partial charge is 0.314 e. The molecular weight excluding hydrogens is 272 g/mol. The number of para-hydroxylation sites is 2. The highest BCUT2D eigenvalue weighted by atomic mass is 16.2. The number of benzene rings is 1. The first-order valence-corrected chi connectivity index (χ1v) is 6.61. The second kappa shape index (κ2) is 5.82. The third-order valence-electron chi connectivity index (χ3n) is 3.38. The Morgan fingerprint density at radius 3 is 2.76 bits per heavy atom. The molecule has 0 aliphatic carbocycles. The van der Waals surface area contributed by atoms with E-state index >= 15 is 0 Å². The molecule has 1 aliphatic heterocycles. The quantitative estimate of drug-likeness (QED) is 0.841. The van der Waals surface area contributed by atoms with Crippen LogP contribution in [0.15, 0.2) is 24.3 Å². The summed E-state index contributed by atoms with van der Waals surface area (Å²) in [6, 6.07) is 6.10. The summed E-state index contributed by atoms with van der Waals surface area (Å²) in [6.45, 7) is 1.66. The first-order chi connectivity index (χ1) is 9.90. The van der Waals surface area contributed by atoms with Crippen LogP contribution in [0.5, 0.6) is 0 Å². The number of hydrogen-bond donors (Lipinski definition) is 2. The van der Waals surface area contributed by atoms with Gasteiger partial charge in [-0.15, -0.1) is 0 Å². The molecular formula is C14H18N4O3. The molecule has 112 valence electrons. The highest BCUT2D eigenvalue weighted by Crippen LogP contribution is 2.31. The van der Waals surface area contributed by atoms with E-state index in [1.165, 1.54) is 11.9 Å². The molecule has 1 unspecified atom stereocenters. The Bertz CT molecular complexity index is 587. The number of nitrogens with one attached hydrogen (secondary N) is 1. The van der Waals surface area contributed by atoms with Crippen molar-refractivity contribution in [2.24, 2.45) is 5.73 Å². The number of rotatable bonds is 2. The summed E-state index contributed by atoms with van der Waals surface area (Å²) < 4.78 is 0. The van der Waals surface area contributed by atoms with Gasteiger partial charge in [0, 0.05) is 19.5 Å². The van der Waals surface area contributed by atoms with Crippen molar-refractivity contribution in [1.82, 2.24) is 4.90 Å². The van der Waals surface area contributed by atoms with E-state index in [0.29, 0.717) is 11.4 Å². The minimum absolute atomic E-state index is 0.137. The lowest BCUT2D eigenvalue weighted by molar-refractivity contribution is -0.119. The number of primary amides is 1. The van der Waals surface area contributed by atoms with E-state index in [9.17, 15) is 14.4 Å². The molecule has 1 aromatic carbocycles.